The molecule has 0 spiro atoms. The lowest BCUT2D eigenvalue weighted by Crippen LogP contribution is -2.34. The van der Waals surface area contributed by atoms with Crippen molar-refractivity contribution in [3.05, 3.63) is 59.7 Å². The van der Waals surface area contributed by atoms with Gasteiger partial charge in [-0.3, -0.25) is 9.59 Å². The lowest BCUT2D eigenvalue weighted by molar-refractivity contribution is -0.139. The maximum atomic E-state index is 10.8. The van der Waals surface area contributed by atoms with E-state index in [1.807, 2.05) is 37.3 Å². The van der Waals surface area contributed by atoms with E-state index in [0.29, 0.717) is 30.3 Å². The molecule has 1 atom stereocenters. The van der Waals surface area contributed by atoms with Crippen LogP contribution in [0.3, 0.4) is 0 Å². The lowest BCUT2D eigenvalue weighted by atomic mass is 10.1. The van der Waals surface area contributed by atoms with Gasteiger partial charge in [0.15, 0.2) is 11.5 Å². The van der Waals surface area contributed by atoms with Crippen LogP contribution in [0.15, 0.2) is 48.5 Å². The maximum absolute atomic E-state index is 10.8. The van der Waals surface area contributed by atoms with Gasteiger partial charge < -0.3 is 20.3 Å². The molecule has 6 nitrogen and oxygen atoms in total. The summed E-state index contributed by atoms with van der Waals surface area (Å²) >= 11 is 0. The first kappa shape index (κ1) is 22.2. The van der Waals surface area contributed by atoms with Crippen molar-refractivity contribution < 1.29 is 24.2 Å². The normalized spacial score (nSPS) is 11.1. The molecule has 3 N–H and O–H groups in total. The number of hydrogen-bond acceptors (Lipinski definition) is 5. The first-order valence-corrected chi connectivity index (χ1v) is 8.76. The second-order valence-corrected chi connectivity index (χ2v) is 6.14. The number of rotatable bonds is 8. The number of carbonyl (C=O) groups is 2. The molecule has 0 aliphatic carbocycles. The zero-order chi connectivity index (χ0) is 20.2. The van der Waals surface area contributed by atoms with Crippen LogP contribution in [0.2, 0.25) is 0 Å². The summed E-state index contributed by atoms with van der Waals surface area (Å²) < 4.78 is 11.2. The molecule has 0 aliphatic rings. The molecule has 0 saturated heterocycles. The van der Waals surface area contributed by atoms with Gasteiger partial charge in [-0.2, -0.15) is 0 Å². The number of ether oxygens (including phenoxy) is 2. The van der Waals surface area contributed by atoms with Gasteiger partial charge in [0, 0.05) is 5.56 Å². The van der Waals surface area contributed by atoms with Gasteiger partial charge in [-0.15, -0.1) is 0 Å². The van der Waals surface area contributed by atoms with Crippen LogP contribution in [0, 0.1) is 5.92 Å². The maximum Gasteiger partial charge on any atom is 0.320 e. The molecule has 2 aromatic carbocycles. The number of aliphatic carboxylic acids is 1. The average Bonchev–Trinajstić information content (AvgIpc) is 2.68. The van der Waals surface area contributed by atoms with Crippen molar-refractivity contribution in [2.75, 3.05) is 6.61 Å². The Morgan fingerprint density at radius 3 is 2.26 bits per heavy atom. The third kappa shape index (κ3) is 7.92. The number of benzene rings is 2. The molecule has 6 heteroatoms. The van der Waals surface area contributed by atoms with Crippen LogP contribution in [0.5, 0.6) is 11.5 Å². The van der Waals surface area contributed by atoms with E-state index in [1.165, 1.54) is 0 Å². The summed E-state index contributed by atoms with van der Waals surface area (Å²) in [4.78, 5) is 20.8. The Balaban J connectivity index is 0.000000387. The highest BCUT2D eigenvalue weighted by Gasteiger charge is 2.14. The molecule has 0 amide bonds. The Morgan fingerprint density at radius 1 is 1.11 bits per heavy atom. The summed E-state index contributed by atoms with van der Waals surface area (Å²) in [5, 5.41) is 8.23. The van der Waals surface area contributed by atoms with Crippen molar-refractivity contribution in [3.8, 4) is 11.5 Å². The summed E-state index contributed by atoms with van der Waals surface area (Å²) in [6.45, 7) is 6.47. The minimum absolute atomic E-state index is 0.0208. The Hall–Kier alpha value is -2.86. The highest BCUT2D eigenvalue weighted by atomic mass is 16.5. The molecule has 0 aliphatic heterocycles. The van der Waals surface area contributed by atoms with Gasteiger partial charge in [-0.25, -0.2) is 0 Å². The van der Waals surface area contributed by atoms with Crippen molar-refractivity contribution in [1.82, 2.24) is 0 Å². The summed E-state index contributed by atoms with van der Waals surface area (Å²) in [7, 11) is 0. The minimum Gasteiger partial charge on any atom is -0.490 e. The van der Waals surface area contributed by atoms with Crippen molar-refractivity contribution in [1.29, 1.82) is 0 Å². The molecule has 0 aromatic heterocycles. The lowest BCUT2D eigenvalue weighted by Gasteiger charge is -2.12. The van der Waals surface area contributed by atoms with Crippen LogP contribution in [-0.2, 0) is 11.4 Å². The summed E-state index contributed by atoms with van der Waals surface area (Å²) in [5.41, 5.74) is 6.81. The average molecular weight is 373 g/mol. The second-order valence-electron chi connectivity index (χ2n) is 6.14. The molecule has 0 saturated carbocycles. The van der Waals surface area contributed by atoms with Crippen molar-refractivity contribution >= 4 is 12.3 Å². The van der Waals surface area contributed by atoms with Crippen LogP contribution in [-0.4, -0.2) is 30.0 Å². The molecule has 146 valence electrons. The van der Waals surface area contributed by atoms with E-state index < -0.39 is 12.0 Å². The first-order chi connectivity index (χ1) is 12.9. The van der Waals surface area contributed by atoms with Crippen molar-refractivity contribution in [2.24, 2.45) is 11.7 Å². The minimum atomic E-state index is -0.931. The summed E-state index contributed by atoms with van der Waals surface area (Å²) in [6.07, 6.45) is 0.797. The monoisotopic (exact) mass is 373 g/mol. The van der Waals surface area contributed by atoms with Crippen LogP contribution in [0.4, 0.5) is 0 Å². The zero-order valence-electron chi connectivity index (χ0n) is 15.9. The molecule has 0 fully saturated rings. The van der Waals surface area contributed by atoms with E-state index in [0.717, 1.165) is 11.8 Å². The van der Waals surface area contributed by atoms with Gasteiger partial charge in [-0.05, 0) is 36.6 Å². The Morgan fingerprint density at radius 2 is 1.78 bits per heavy atom. The number of carboxylic acid groups (broad SMARTS) is 1. The second kappa shape index (κ2) is 11.7. The van der Waals surface area contributed by atoms with Gasteiger partial charge in [0.05, 0.1) is 6.61 Å². The molecular formula is C21H27NO5. The number of aldehydes is 1. The molecule has 27 heavy (non-hydrogen) atoms. The highest BCUT2D eigenvalue weighted by Crippen LogP contribution is 2.28. The predicted molar refractivity (Wildman–Crippen MR) is 104 cm³/mol. The fraction of sp³-hybridized carbons (Fsp3) is 0.333. The van der Waals surface area contributed by atoms with Crippen LogP contribution in [0.1, 0.15) is 36.7 Å². The Labute approximate surface area is 159 Å². The van der Waals surface area contributed by atoms with Gasteiger partial charge in [-0.1, -0.05) is 44.2 Å². The molecule has 2 rings (SSSR count). The Kier molecular flexibility index (Phi) is 9.61. The zero-order valence-corrected chi connectivity index (χ0v) is 15.9. The molecule has 0 unspecified atom stereocenters. The van der Waals surface area contributed by atoms with Gasteiger partial charge in [0.1, 0.15) is 18.9 Å². The summed E-state index contributed by atoms with van der Waals surface area (Å²) in [5.74, 6) is 0.340. The summed E-state index contributed by atoms with van der Waals surface area (Å²) in [6, 6.07) is 14.3. The van der Waals surface area contributed by atoms with Crippen molar-refractivity contribution in [3.63, 3.8) is 0 Å². The van der Waals surface area contributed by atoms with Crippen LogP contribution in [0.25, 0.3) is 0 Å². The largest absolute Gasteiger partial charge is 0.490 e. The smallest absolute Gasteiger partial charge is 0.320 e. The van der Waals surface area contributed by atoms with E-state index in [2.05, 4.69) is 0 Å². The fourth-order valence-corrected chi connectivity index (χ4v) is 2.01. The fourth-order valence-electron chi connectivity index (χ4n) is 2.01. The standard InChI is InChI=1S/C16H16O3.C5H11NO2/c1-2-18-15-9-8-14(11-17)10-16(15)19-12-13-6-4-3-5-7-13;1-3(2)4(6)5(7)8/h3-11H,2,12H2,1H3;3-4H,6H2,1-2H3,(H,7,8)/t;4-/m.0/s1. The Bertz CT molecular complexity index is 716. The molecule has 0 radical (unpaired) electrons. The number of carbonyl (C=O) groups excluding carboxylic acids is 1. The van der Waals surface area contributed by atoms with Gasteiger partial charge in [0.25, 0.3) is 0 Å². The SMILES string of the molecule is CC(C)[C@H](N)C(=O)O.CCOc1ccc(C=O)cc1OCc1ccccc1. The van der Waals surface area contributed by atoms with E-state index >= 15 is 0 Å². The third-order valence-corrected chi connectivity index (χ3v) is 3.64. The number of nitrogens with two attached hydrogens (primary N) is 1. The van der Waals surface area contributed by atoms with Gasteiger partial charge >= 0.3 is 5.97 Å². The molecule has 0 heterocycles. The van der Waals surface area contributed by atoms with Gasteiger partial charge in [0.2, 0.25) is 0 Å². The van der Waals surface area contributed by atoms with Crippen molar-refractivity contribution in [2.45, 2.75) is 33.4 Å². The quantitative estimate of drug-likeness (QED) is 0.687. The topological polar surface area (TPSA) is 98.9 Å². The van der Waals surface area contributed by atoms with E-state index in [-0.39, 0.29) is 5.92 Å². The van der Waals surface area contributed by atoms with Crippen LogP contribution >= 0.6 is 0 Å². The first-order valence-electron chi connectivity index (χ1n) is 8.76. The van der Waals surface area contributed by atoms with E-state index in [4.69, 9.17) is 20.3 Å². The molecular weight excluding hydrogens is 346 g/mol. The third-order valence-electron chi connectivity index (χ3n) is 3.64. The number of carboxylic acids is 1. The molecule has 2 aromatic rings. The predicted octanol–water partition coefficient (Wildman–Crippen LogP) is 3.53. The van der Waals surface area contributed by atoms with Crippen LogP contribution < -0.4 is 15.2 Å². The number of hydrogen-bond donors (Lipinski definition) is 2. The van der Waals surface area contributed by atoms with E-state index in [9.17, 15) is 9.59 Å². The van der Waals surface area contributed by atoms with E-state index in [1.54, 1.807) is 32.0 Å². The molecule has 0 bridgehead atoms. The highest BCUT2D eigenvalue weighted by molar-refractivity contribution is 5.76.